The normalized spacial score (nSPS) is 14.5. The van der Waals surface area contributed by atoms with E-state index >= 15 is 0 Å². The van der Waals surface area contributed by atoms with Crippen LogP contribution in [0.2, 0.25) is 0 Å². The van der Waals surface area contributed by atoms with E-state index in [9.17, 15) is 17.6 Å². The first-order valence-corrected chi connectivity index (χ1v) is 3.89. The molecule has 0 aliphatic carbocycles. The molecule has 0 aliphatic rings. The summed E-state index contributed by atoms with van der Waals surface area (Å²) in [6.07, 6.45) is -5.11. The highest BCUT2D eigenvalue weighted by Gasteiger charge is 2.36. The van der Waals surface area contributed by atoms with Gasteiger partial charge in [0.15, 0.2) is 0 Å². The van der Waals surface area contributed by atoms with Gasteiger partial charge in [0.05, 0.1) is 5.03 Å². The van der Waals surface area contributed by atoms with Gasteiger partial charge in [-0.1, -0.05) is 41.4 Å². The van der Waals surface area contributed by atoms with Crippen molar-refractivity contribution in [3.05, 3.63) is 23.5 Å². The van der Waals surface area contributed by atoms with Crippen molar-refractivity contribution in [2.45, 2.75) is 10.5 Å². The molecule has 0 aromatic rings. The molecule has 0 aromatic heterocycles. The third kappa shape index (κ3) is 4.20. The molecule has 0 spiro atoms. The van der Waals surface area contributed by atoms with E-state index in [1.807, 2.05) is 0 Å². The van der Waals surface area contributed by atoms with Crippen molar-refractivity contribution in [3.8, 4) is 0 Å². The number of alkyl halides is 5. The minimum absolute atomic E-state index is 0.403. The summed E-state index contributed by atoms with van der Waals surface area (Å²) in [6, 6.07) is 0. The van der Waals surface area contributed by atoms with Crippen molar-refractivity contribution in [3.63, 3.8) is 0 Å². The van der Waals surface area contributed by atoms with Gasteiger partial charge < -0.3 is 0 Å². The monoisotopic (exact) mass is 256 g/mol. The van der Waals surface area contributed by atoms with E-state index in [0.717, 1.165) is 0 Å². The smallest absolute Gasteiger partial charge is 0.209 e. The van der Waals surface area contributed by atoms with Crippen molar-refractivity contribution < 1.29 is 17.6 Å². The van der Waals surface area contributed by atoms with Crippen LogP contribution < -0.4 is 0 Å². The minimum Gasteiger partial charge on any atom is -0.209 e. The van der Waals surface area contributed by atoms with Gasteiger partial charge >= 0.3 is 6.18 Å². The maximum absolute atomic E-state index is 12.4. The number of halogens is 7. The molecular weight excluding hydrogens is 254 g/mol. The highest BCUT2D eigenvalue weighted by molar-refractivity contribution is 6.57. The fourth-order valence-electron chi connectivity index (χ4n) is 0.364. The van der Waals surface area contributed by atoms with Crippen LogP contribution in [0, 0.1) is 0 Å². The lowest BCUT2D eigenvalue weighted by Gasteiger charge is -2.16. The van der Waals surface area contributed by atoms with Crippen molar-refractivity contribution in [2.24, 2.45) is 0 Å². The number of allylic oxidation sites excluding steroid dienone is 3. The first-order chi connectivity index (χ1) is 5.57. The molecule has 0 atom stereocenters. The lowest BCUT2D eigenvalue weighted by atomic mass is 10.3. The molecule has 76 valence electrons. The van der Waals surface area contributed by atoms with Crippen LogP contribution in [0.3, 0.4) is 0 Å². The largest absolute Gasteiger partial charge is 0.410 e. The van der Waals surface area contributed by atoms with Crippen LogP contribution in [0.5, 0.6) is 0 Å². The van der Waals surface area contributed by atoms with Crippen molar-refractivity contribution >= 4 is 34.8 Å². The highest BCUT2D eigenvalue weighted by atomic mass is 35.5. The predicted octanol–water partition coefficient (Wildman–Crippen LogP) is 4.33. The molecule has 0 unspecified atom stereocenters. The number of hydrogen-bond acceptors (Lipinski definition) is 0. The van der Waals surface area contributed by atoms with E-state index in [-0.39, 0.29) is 0 Å². The van der Waals surface area contributed by atoms with Crippen LogP contribution in [-0.2, 0) is 0 Å². The average Bonchev–Trinajstić information content (AvgIpc) is 1.82. The molecule has 7 heteroatoms. The van der Waals surface area contributed by atoms with Crippen LogP contribution in [0.4, 0.5) is 17.6 Å². The zero-order chi connectivity index (χ0) is 10.9. The van der Waals surface area contributed by atoms with Crippen molar-refractivity contribution in [1.29, 1.82) is 0 Å². The molecule has 0 radical (unpaired) electrons. The SMILES string of the molecule is C=C(F)C(Cl)(Cl)C(Cl)=CC(F)(F)F. The molecule has 0 fully saturated rings. The van der Waals surface area contributed by atoms with Crippen molar-refractivity contribution in [1.82, 2.24) is 0 Å². The van der Waals surface area contributed by atoms with Gasteiger partial charge in [-0.2, -0.15) is 13.2 Å². The summed E-state index contributed by atoms with van der Waals surface area (Å²) < 4.78 is 44.8. The van der Waals surface area contributed by atoms with E-state index < -0.39 is 27.4 Å². The summed E-state index contributed by atoms with van der Waals surface area (Å²) in [5.74, 6) is -1.37. The van der Waals surface area contributed by atoms with Crippen LogP contribution in [-0.4, -0.2) is 10.5 Å². The lowest BCUT2D eigenvalue weighted by molar-refractivity contribution is -0.0802. The second-order valence-corrected chi connectivity index (χ2v) is 3.75. The predicted molar refractivity (Wildman–Crippen MR) is 44.7 cm³/mol. The Morgan fingerprint density at radius 2 is 1.62 bits per heavy atom. The van der Waals surface area contributed by atoms with Gasteiger partial charge in [0.2, 0.25) is 4.33 Å². The Labute approximate surface area is 86.8 Å². The fraction of sp³-hybridized carbons (Fsp3) is 0.333. The van der Waals surface area contributed by atoms with Crippen LogP contribution in [0.1, 0.15) is 0 Å². The first-order valence-electron chi connectivity index (χ1n) is 2.75. The quantitative estimate of drug-likeness (QED) is 0.510. The van der Waals surface area contributed by atoms with E-state index in [2.05, 4.69) is 6.58 Å². The zero-order valence-electron chi connectivity index (χ0n) is 5.93. The molecule has 0 heterocycles. The van der Waals surface area contributed by atoms with Crippen LogP contribution in [0.25, 0.3) is 0 Å². The van der Waals surface area contributed by atoms with Gasteiger partial charge in [0.25, 0.3) is 0 Å². The Morgan fingerprint density at radius 3 is 1.85 bits per heavy atom. The Morgan fingerprint density at radius 1 is 1.23 bits per heavy atom. The summed E-state index contributed by atoms with van der Waals surface area (Å²) in [5.41, 5.74) is 0. The molecule has 0 rings (SSSR count). The van der Waals surface area contributed by atoms with Crippen LogP contribution >= 0.6 is 34.8 Å². The number of rotatable bonds is 2. The minimum atomic E-state index is -4.71. The van der Waals surface area contributed by atoms with Gasteiger partial charge in [-0.15, -0.1) is 0 Å². The van der Waals surface area contributed by atoms with E-state index in [4.69, 9.17) is 34.8 Å². The standard InChI is InChI=1S/C6H3Cl3F4/c1-3(10)6(8,9)4(7)2-5(11,12)13/h2H,1H2. The Hall–Kier alpha value is 0.0700. The first kappa shape index (κ1) is 13.1. The molecular formula is C6H3Cl3F4. The molecule has 0 amide bonds. The molecule has 0 bridgehead atoms. The van der Waals surface area contributed by atoms with E-state index in [0.29, 0.717) is 0 Å². The Kier molecular flexibility index (Phi) is 4.09. The third-order valence-corrected chi connectivity index (χ3v) is 2.33. The van der Waals surface area contributed by atoms with Gasteiger partial charge in [0, 0.05) is 6.08 Å². The molecule has 13 heavy (non-hydrogen) atoms. The Balaban J connectivity index is 4.89. The maximum Gasteiger partial charge on any atom is 0.410 e. The summed E-state index contributed by atoms with van der Waals surface area (Å²) in [7, 11) is 0. The maximum atomic E-state index is 12.4. The molecule has 0 nitrogen and oxygen atoms in total. The molecule has 0 saturated heterocycles. The average molecular weight is 257 g/mol. The van der Waals surface area contributed by atoms with Gasteiger partial charge in [0.1, 0.15) is 5.83 Å². The summed E-state index contributed by atoms with van der Waals surface area (Å²) in [6.45, 7) is 2.65. The van der Waals surface area contributed by atoms with E-state index in [1.165, 1.54) is 0 Å². The Bertz CT molecular complexity index is 241. The second kappa shape index (κ2) is 4.07. The van der Waals surface area contributed by atoms with Gasteiger partial charge in [-0.05, 0) is 0 Å². The summed E-state index contributed by atoms with van der Waals surface area (Å²) in [4.78, 5) is 0. The summed E-state index contributed by atoms with van der Waals surface area (Å²) >= 11 is 15.3. The van der Waals surface area contributed by atoms with Gasteiger partial charge in [-0.3, -0.25) is 0 Å². The second-order valence-electron chi connectivity index (χ2n) is 2.01. The number of hydrogen-bond donors (Lipinski definition) is 0. The molecule has 0 aromatic carbocycles. The topological polar surface area (TPSA) is 0 Å². The molecule has 0 saturated carbocycles. The molecule has 0 N–H and O–H groups in total. The van der Waals surface area contributed by atoms with Crippen molar-refractivity contribution in [2.75, 3.05) is 0 Å². The third-order valence-electron chi connectivity index (χ3n) is 0.931. The summed E-state index contributed by atoms with van der Waals surface area (Å²) in [5, 5.41) is -1.09. The fourth-order valence-corrected chi connectivity index (χ4v) is 0.699. The zero-order valence-corrected chi connectivity index (χ0v) is 8.20. The van der Waals surface area contributed by atoms with Crippen LogP contribution in [0.15, 0.2) is 23.5 Å². The van der Waals surface area contributed by atoms with Gasteiger partial charge in [-0.25, -0.2) is 4.39 Å². The van der Waals surface area contributed by atoms with E-state index in [1.54, 1.807) is 0 Å². The highest BCUT2D eigenvalue weighted by Crippen LogP contribution is 2.41. The molecule has 0 aliphatic heterocycles. The lowest BCUT2D eigenvalue weighted by Crippen LogP contribution is -2.16.